The number of unbranched alkanes of at least 4 members (excludes halogenated alkanes) is 11. The van der Waals surface area contributed by atoms with Crippen LogP contribution in [0.5, 0.6) is 0 Å². The summed E-state index contributed by atoms with van der Waals surface area (Å²) in [5.41, 5.74) is 0. The first-order valence-corrected chi connectivity index (χ1v) is 11.6. The van der Waals surface area contributed by atoms with E-state index in [0.29, 0.717) is 6.61 Å². The Morgan fingerprint density at radius 1 is 0.893 bits per heavy atom. The number of hydrogen-bond acceptors (Lipinski definition) is 5. The lowest BCUT2D eigenvalue weighted by molar-refractivity contribution is -0.101. The lowest BCUT2D eigenvalue weighted by Gasteiger charge is -2.24. The molecule has 1 heterocycles. The average Bonchev–Trinajstić information content (AvgIpc) is 3.03. The molecule has 0 aromatic carbocycles. The summed E-state index contributed by atoms with van der Waals surface area (Å²) in [7, 11) is 0. The molecular weight excluding hydrogens is 356 g/mol. The van der Waals surface area contributed by atoms with E-state index >= 15 is 0 Å². The molecule has 5 heteroatoms. The molecule has 0 saturated carbocycles. The van der Waals surface area contributed by atoms with E-state index in [1.807, 2.05) is 0 Å². The van der Waals surface area contributed by atoms with Crippen LogP contribution in [0.4, 0.5) is 0 Å². The zero-order valence-corrected chi connectivity index (χ0v) is 17.9. The van der Waals surface area contributed by atoms with Gasteiger partial charge in [0.05, 0.1) is 13.2 Å². The van der Waals surface area contributed by atoms with Crippen LogP contribution in [-0.2, 0) is 9.47 Å². The minimum Gasteiger partial charge on any atom is -0.394 e. The monoisotopic (exact) mass is 400 g/mol. The highest BCUT2D eigenvalue weighted by molar-refractivity contribution is 4.88. The molecule has 0 aliphatic carbocycles. The highest BCUT2D eigenvalue weighted by atomic mass is 16.6. The molecule has 0 aromatic heterocycles. The molecule has 166 valence electrons. The van der Waals surface area contributed by atoms with Crippen molar-refractivity contribution in [3.8, 4) is 0 Å². The lowest BCUT2D eigenvalue weighted by atomic mass is 10.1. The number of allylic oxidation sites excluding steroid dienone is 2. The molecule has 0 bridgehead atoms. The Labute approximate surface area is 172 Å². The molecule has 3 N–H and O–H groups in total. The van der Waals surface area contributed by atoms with Gasteiger partial charge in [0, 0.05) is 6.61 Å². The molecule has 1 aliphatic heterocycles. The zero-order valence-electron chi connectivity index (χ0n) is 17.9. The van der Waals surface area contributed by atoms with Gasteiger partial charge in [-0.05, 0) is 25.7 Å². The molecule has 0 unspecified atom stereocenters. The van der Waals surface area contributed by atoms with Gasteiger partial charge in [0.15, 0.2) is 0 Å². The molecule has 0 spiro atoms. The fourth-order valence-corrected chi connectivity index (χ4v) is 3.63. The molecule has 4 atom stereocenters. The van der Waals surface area contributed by atoms with Crippen LogP contribution in [0.1, 0.15) is 90.4 Å². The smallest absolute Gasteiger partial charge is 0.114 e. The van der Waals surface area contributed by atoms with Gasteiger partial charge in [0.1, 0.15) is 24.4 Å². The average molecular weight is 401 g/mol. The third-order valence-corrected chi connectivity index (χ3v) is 5.47. The third-order valence-electron chi connectivity index (χ3n) is 5.47. The van der Waals surface area contributed by atoms with Gasteiger partial charge in [-0.25, -0.2) is 0 Å². The second-order valence-electron chi connectivity index (χ2n) is 8.03. The van der Waals surface area contributed by atoms with Crippen LogP contribution >= 0.6 is 0 Å². The molecule has 1 aliphatic rings. The van der Waals surface area contributed by atoms with Crippen molar-refractivity contribution in [2.75, 3.05) is 19.8 Å². The minimum atomic E-state index is -0.988. The van der Waals surface area contributed by atoms with Gasteiger partial charge in [-0.3, -0.25) is 0 Å². The Morgan fingerprint density at radius 2 is 1.46 bits per heavy atom. The van der Waals surface area contributed by atoms with Gasteiger partial charge in [-0.1, -0.05) is 76.9 Å². The van der Waals surface area contributed by atoms with E-state index in [9.17, 15) is 15.3 Å². The van der Waals surface area contributed by atoms with Crippen LogP contribution < -0.4 is 0 Å². The normalized spacial score (nSPS) is 23.6. The Hall–Kier alpha value is -0.460. The number of aliphatic hydroxyl groups excluding tert-OH is 3. The first-order valence-electron chi connectivity index (χ1n) is 11.6. The number of hydrogen-bond donors (Lipinski definition) is 3. The van der Waals surface area contributed by atoms with Gasteiger partial charge in [0.25, 0.3) is 0 Å². The topological polar surface area (TPSA) is 79.2 Å². The Kier molecular flexibility index (Phi) is 15.9. The van der Waals surface area contributed by atoms with E-state index < -0.39 is 24.4 Å². The summed E-state index contributed by atoms with van der Waals surface area (Å²) in [4.78, 5) is 0. The second kappa shape index (κ2) is 17.4. The van der Waals surface area contributed by atoms with Crippen LogP contribution in [0.2, 0.25) is 0 Å². The third kappa shape index (κ3) is 11.5. The Morgan fingerprint density at radius 3 is 2.00 bits per heavy atom. The van der Waals surface area contributed by atoms with Crippen molar-refractivity contribution < 1.29 is 24.8 Å². The first kappa shape index (κ1) is 25.6. The summed E-state index contributed by atoms with van der Waals surface area (Å²) in [6.07, 6.45) is 18.0. The van der Waals surface area contributed by atoms with Crippen LogP contribution in [0.3, 0.4) is 0 Å². The minimum absolute atomic E-state index is 0.0907. The van der Waals surface area contributed by atoms with Crippen LogP contribution in [0, 0.1) is 0 Å². The molecule has 1 saturated heterocycles. The van der Waals surface area contributed by atoms with Crippen molar-refractivity contribution in [2.24, 2.45) is 0 Å². The van der Waals surface area contributed by atoms with Crippen molar-refractivity contribution in [1.82, 2.24) is 0 Å². The maximum absolute atomic E-state index is 9.82. The van der Waals surface area contributed by atoms with Crippen LogP contribution in [-0.4, -0.2) is 59.6 Å². The maximum Gasteiger partial charge on any atom is 0.114 e. The summed E-state index contributed by atoms with van der Waals surface area (Å²) < 4.78 is 10.9. The SMILES string of the molecule is CCCCCCCCCCCC/C=C/CCCO[C@@H](CO)[C@H]1OC[C@@H](O)[C@H]1O. The zero-order chi connectivity index (χ0) is 20.5. The summed E-state index contributed by atoms with van der Waals surface area (Å²) in [6.45, 7) is 2.65. The number of rotatable bonds is 18. The summed E-state index contributed by atoms with van der Waals surface area (Å²) >= 11 is 0. The van der Waals surface area contributed by atoms with Crippen molar-refractivity contribution in [3.05, 3.63) is 12.2 Å². The summed E-state index contributed by atoms with van der Waals surface area (Å²) in [5.74, 6) is 0. The number of ether oxygens (including phenoxy) is 2. The Balaban J connectivity index is 1.89. The molecule has 1 rings (SSSR count). The van der Waals surface area contributed by atoms with Crippen LogP contribution in [0.25, 0.3) is 0 Å². The Bertz CT molecular complexity index is 374. The molecule has 0 amide bonds. The van der Waals surface area contributed by atoms with E-state index in [0.717, 1.165) is 19.3 Å². The van der Waals surface area contributed by atoms with Gasteiger partial charge in [-0.15, -0.1) is 0 Å². The standard InChI is InChI=1S/C23H44O5/c1-2-3-4-5-6-7-8-9-10-11-12-13-14-15-16-17-27-21(18-24)23-22(26)20(25)19-28-23/h13-14,20-26H,2-12,15-19H2,1H3/b14-13+/t20-,21+,22-,23-/m1/s1. The second-order valence-corrected chi connectivity index (χ2v) is 8.03. The summed E-state index contributed by atoms with van der Waals surface area (Å²) in [6, 6.07) is 0. The van der Waals surface area contributed by atoms with E-state index in [4.69, 9.17) is 9.47 Å². The molecular formula is C23H44O5. The fourth-order valence-electron chi connectivity index (χ4n) is 3.63. The molecule has 0 aromatic rings. The van der Waals surface area contributed by atoms with Gasteiger partial charge >= 0.3 is 0 Å². The van der Waals surface area contributed by atoms with Crippen LogP contribution in [0.15, 0.2) is 12.2 Å². The van der Waals surface area contributed by atoms with E-state index in [-0.39, 0.29) is 13.2 Å². The predicted octanol–water partition coefficient (Wildman–Crippen LogP) is 4.13. The molecule has 1 fully saturated rings. The predicted molar refractivity (Wildman–Crippen MR) is 113 cm³/mol. The maximum atomic E-state index is 9.82. The van der Waals surface area contributed by atoms with Gasteiger partial charge in [0.2, 0.25) is 0 Å². The van der Waals surface area contributed by atoms with Crippen molar-refractivity contribution in [3.63, 3.8) is 0 Å². The first-order chi connectivity index (χ1) is 13.7. The van der Waals surface area contributed by atoms with E-state index in [2.05, 4.69) is 19.1 Å². The molecule has 28 heavy (non-hydrogen) atoms. The fraction of sp³-hybridized carbons (Fsp3) is 0.913. The van der Waals surface area contributed by atoms with E-state index in [1.54, 1.807) is 0 Å². The summed E-state index contributed by atoms with van der Waals surface area (Å²) in [5, 5.41) is 28.7. The van der Waals surface area contributed by atoms with Crippen molar-refractivity contribution >= 4 is 0 Å². The highest BCUT2D eigenvalue weighted by Gasteiger charge is 2.40. The quantitative estimate of drug-likeness (QED) is 0.238. The van der Waals surface area contributed by atoms with E-state index in [1.165, 1.54) is 64.2 Å². The van der Waals surface area contributed by atoms with Gasteiger partial charge < -0.3 is 24.8 Å². The highest BCUT2D eigenvalue weighted by Crippen LogP contribution is 2.19. The largest absolute Gasteiger partial charge is 0.394 e. The van der Waals surface area contributed by atoms with Crippen molar-refractivity contribution in [2.45, 2.75) is 115 Å². The molecule has 5 nitrogen and oxygen atoms in total. The number of aliphatic hydroxyl groups is 3. The van der Waals surface area contributed by atoms with Gasteiger partial charge in [-0.2, -0.15) is 0 Å². The lowest BCUT2D eigenvalue weighted by Crippen LogP contribution is -2.42. The van der Waals surface area contributed by atoms with Crippen molar-refractivity contribution in [1.29, 1.82) is 0 Å². The molecule has 0 radical (unpaired) electrons.